The van der Waals surface area contributed by atoms with Crippen LogP contribution in [0.5, 0.6) is 0 Å². The third-order valence-corrected chi connectivity index (χ3v) is 7.03. The van der Waals surface area contributed by atoms with Gasteiger partial charge in [-0.05, 0) is 62.8 Å². The second-order valence-corrected chi connectivity index (χ2v) is 9.00. The van der Waals surface area contributed by atoms with E-state index in [0.29, 0.717) is 55.8 Å². The highest BCUT2D eigenvalue weighted by Crippen LogP contribution is 2.55. The number of carbonyl (C=O) groups is 2. The Morgan fingerprint density at radius 1 is 0.882 bits per heavy atom. The van der Waals surface area contributed by atoms with Crippen molar-refractivity contribution in [3.63, 3.8) is 0 Å². The van der Waals surface area contributed by atoms with Crippen molar-refractivity contribution in [1.29, 1.82) is 0 Å². The van der Waals surface area contributed by atoms with Crippen LogP contribution in [-0.4, -0.2) is 34.8 Å². The Labute approximate surface area is 194 Å². The number of hydrogen-bond donors (Lipinski definition) is 0. The Hall–Kier alpha value is -3.62. The van der Waals surface area contributed by atoms with Crippen LogP contribution in [-0.2, 0) is 14.9 Å². The van der Waals surface area contributed by atoms with Gasteiger partial charge in [-0.2, -0.15) is 4.98 Å². The van der Waals surface area contributed by atoms with E-state index in [2.05, 4.69) is 10.1 Å². The lowest BCUT2D eigenvalue weighted by atomic mass is 9.58. The van der Waals surface area contributed by atoms with Crippen LogP contribution >= 0.6 is 0 Å². The molecule has 0 N–H and O–H groups in total. The van der Waals surface area contributed by atoms with Crippen molar-refractivity contribution < 1.29 is 32.4 Å². The van der Waals surface area contributed by atoms with Gasteiger partial charge in [0.25, 0.3) is 0 Å². The highest BCUT2D eigenvalue weighted by molar-refractivity contribution is 5.90. The van der Waals surface area contributed by atoms with Crippen molar-refractivity contribution in [2.45, 2.75) is 49.5 Å². The van der Waals surface area contributed by atoms with Crippen molar-refractivity contribution in [2.24, 2.45) is 0 Å². The smallest absolute Gasteiger partial charge is 0.338 e. The summed E-state index contributed by atoms with van der Waals surface area (Å²) in [5.41, 5.74) is 0.0650. The number of rotatable bonds is 5. The molecule has 2 aromatic carbocycles. The van der Waals surface area contributed by atoms with Crippen LogP contribution in [0.3, 0.4) is 0 Å². The number of fused-ring (bicyclic) bond motifs is 3. The molecule has 34 heavy (non-hydrogen) atoms. The number of halogens is 2. The van der Waals surface area contributed by atoms with Gasteiger partial charge in [-0.1, -0.05) is 17.3 Å². The van der Waals surface area contributed by atoms with Crippen LogP contribution in [0.2, 0.25) is 0 Å². The quantitative estimate of drug-likeness (QED) is 0.487. The van der Waals surface area contributed by atoms with E-state index in [1.54, 1.807) is 24.3 Å². The van der Waals surface area contributed by atoms with E-state index in [4.69, 9.17) is 14.0 Å². The first-order chi connectivity index (χ1) is 16.3. The summed E-state index contributed by atoms with van der Waals surface area (Å²) in [4.78, 5) is 28.8. The molecule has 3 saturated carbocycles. The molecule has 0 unspecified atom stereocenters. The molecule has 0 radical (unpaired) electrons. The van der Waals surface area contributed by atoms with Gasteiger partial charge >= 0.3 is 11.9 Å². The number of carbonyl (C=O) groups excluding carboxylic acids is 2. The summed E-state index contributed by atoms with van der Waals surface area (Å²) in [6, 6.07) is 9.44. The maximum absolute atomic E-state index is 13.5. The lowest BCUT2D eigenvalue weighted by Gasteiger charge is -2.50. The molecule has 3 aromatic rings. The minimum absolute atomic E-state index is 0.131. The predicted octanol–water partition coefficient (Wildman–Crippen LogP) is 5.00. The van der Waals surface area contributed by atoms with E-state index in [-0.39, 0.29) is 11.0 Å². The molecule has 9 heteroatoms. The van der Waals surface area contributed by atoms with Crippen LogP contribution < -0.4 is 0 Å². The number of methoxy groups -OCH3 is 1. The maximum atomic E-state index is 13.5. The van der Waals surface area contributed by atoms with Gasteiger partial charge in [-0.15, -0.1) is 0 Å². The van der Waals surface area contributed by atoms with Gasteiger partial charge in [-0.3, -0.25) is 0 Å². The van der Waals surface area contributed by atoms with Crippen molar-refractivity contribution >= 4 is 11.9 Å². The molecule has 0 amide bonds. The summed E-state index contributed by atoms with van der Waals surface area (Å²) < 4.78 is 43.1. The third kappa shape index (κ3) is 3.95. The number of nitrogens with zero attached hydrogens (tertiary/aromatic N) is 2. The zero-order chi connectivity index (χ0) is 23.9. The Morgan fingerprint density at radius 2 is 1.50 bits per heavy atom. The molecule has 0 saturated heterocycles. The molecule has 3 aliphatic carbocycles. The Bertz CT molecular complexity index is 1210. The highest BCUT2D eigenvalue weighted by Gasteiger charge is 2.54. The van der Waals surface area contributed by atoms with Gasteiger partial charge in [0.05, 0.1) is 23.7 Å². The molecule has 2 bridgehead atoms. The topological polar surface area (TPSA) is 91.5 Å². The molecule has 0 aliphatic heterocycles. The van der Waals surface area contributed by atoms with Crippen molar-refractivity contribution in [1.82, 2.24) is 10.1 Å². The molecule has 3 aliphatic rings. The van der Waals surface area contributed by atoms with E-state index in [9.17, 15) is 18.4 Å². The molecule has 0 spiro atoms. The largest absolute Gasteiger partial charge is 0.465 e. The van der Waals surface area contributed by atoms with Gasteiger partial charge in [0.2, 0.25) is 11.7 Å². The van der Waals surface area contributed by atoms with Crippen molar-refractivity contribution in [3.8, 4) is 11.4 Å². The van der Waals surface area contributed by atoms with E-state index in [1.165, 1.54) is 7.11 Å². The summed E-state index contributed by atoms with van der Waals surface area (Å²) in [6.07, 6.45) is 3.88. The fourth-order valence-corrected chi connectivity index (χ4v) is 4.98. The van der Waals surface area contributed by atoms with Gasteiger partial charge in [0, 0.05) is 11.6 Å². The average Bonchev–Trinajstić information content (AvgIpc) is 3.35. The van der Waals surface area contributed by atoms with Gasteiger partial charge in [-0.25, -0.2) is 18.4 Å². The van der Waals surface area contributed by atoms with E-state index < -0.39 is 29.2 Å². The first-order valence-corrected chi connectivity index (χ1v) is 11.0. The van der Waals surface area contributed by atoms with E-state index in [0.717, 1.165) is 23.8 Å². The van der Waals surface area contributed by atoms with Gasteiger partial charge in [0.15, 0.2) is 0 Å². The van der Waals surface area contributed by atoms with Gasteiger partial charge in [0.1, 0.15) is 17.2 Å². The first-order valence-electron chi connectivity index (χ1n) is 11.0. The maximum Gasteiger partial charge on any atom is 0.338 e. The fourth-order valence-electron chi connectivity index (χ4n) is 4.98. The normalized spacial score (nSPS) is 23.5. The summed E-state index contributed by atoms with van der Waals surface area (Å²) >= 11 is 0. The zero-order valence-electron chi connectivity index (χ0n) is 18.5. The number of hydrogen-bond acceptors (Lipinski definition) is 7. The Morgan fingerprint density at radius 3 is 2.09 bits per heavy atom. The van der Waals surface area contributed by atoms with Crippen molar-refractivity contribution in [2.75, 3.05) is 7.11 Å². The minimum atomic E-state index is -0.817. The molecular formula is C25H22F2N2O5. The number of esters is 2. The van der Waals surface area contributed by atoms with Crippen LogP contribution in [0, 0.1) is 11.6 Å². The van der Waals surface area contributed by atoms with Gasteiger partial charge < -0.3 is 14.0 Å². The number of benzene rings is 2. The summed E-state index contributed by atoms with van der Waals surface area (Å²) in [5.74, 6) is -1.79. The molecule has 0 atom stereocenters. The summed E-state index contributed by atoms with van der Waals surface area (Å²) in [6.45, 7) is 0. The second kappa shape index (κ2) is 8.30. The highest BCUT2D eigenvalue weighted by atomic mass is 19.1. The second-order valence-electron chi connectivity index (χ2n) is 9.00. The van der Waals surface area contributed by atoms with E-state index >= 15 is 0 Å². The van der Waals surface area contributed by atoms with Crippen molar-refractivity contribution in [3.05, 3.63) is 71.1 Å². The standard InChI is InChI=1S/C25H22F2N2O5/c1-32-21(30)16-4-2-15(3-5-16)20-28-23(34-29-20)24-6-9-25(10-7-24,11-8-24)33-22(31)17-12-18(26)14-19(27)13-17/h2-5,12-14H,6-11H2,1H3. The number of ether oxygens (including phenoxy) is 2. The fraction of sp³-hybridized carbons (Fsp3) is 0.360. The Balaban J connectivity index is 1.28. The predicted molar refractivity (Wildman–Crippen MR) is 115 cm³/mol. The SMILES string of the molecule is COC(=O)c1ccc(-c2noc(C34CCC(OC(=O)c5cc(F)cc(F)c5)(CC3)CC4)n2)cc1. The molecule has 1 aromatic heterocycles. The van der Waals surface area contributed by atoms with E-state index in [1.807, 2.05) is 0 Å². The minimum Gasteiger partial charge on any atom is -0.465 e. The molecule has 7 nitrogen and oxygen atoms in total. The average molecular weight is 468 g/mol. The first kappa shape index (κ1) is 22.2. The molecule has 3 fully saturated rings. The molecular weight excluding hydrogens is 446 g/mol. The zero-order valence-corrected chi connectivity index (χ0v) is 18.5. The lowest BCUT2D eigenvalue weighted by Crippen LogP contribution is -2.50. The van der Waals surface area contributed by atoms with Crippen LogP contribution in [0.25, 0.3) is 11.4 Å². The van der Waals surface area contributed by atoms with Crippen LogP contribution in [0.15, 0.2) is 47.0 Å². The van der Waals surface area contributed by atoms with Crippen LogP contribution in [0.4, 0.5) is 8.78 Å². The summed E-state index contributed by atoms with van der Waals surface area (Å²) in [5, 5.41) is 4.13. The molecule has 1 heterocycles. The molecule has 6 rings (SSSR count). The van der Waals surface area contributed by atoms with Crippen LogP contribution in [0.1, 0.15) is 65.1 Å². The Kier molecular flexibility index (Phi) is 5.42. The monoisotopic (exact) mass is 468 g/mol. The molecule has 176 valence electrons. The summed E-state index contributed by atoms with van der Waals surface area (Å²) in [7, 11) is 1.33. The lowest BCUT2D eigenvalue weighted by molar-refractivity contribution is -0.0886. The third-order valence-electron chi connectivity index (χ3n) is 7.03. The number of aromatic nitrogens is 2.